The summed E-state index contributed by atoms with van der Waals surface area (Å²) in [7, 11) is 0. The van der Waals surface area contributed by atoms with Gasteiger partial charge in [0.15, 0.2) is 0 Å². The molecule has 0 unspecified atom stereocenters. The highest BCUT2D eigenvalue weighted by molar-refractivity contribution is 6.06. The standard InChI is InChI=1S/C16H17NO4/c1-8-7-12(16(19)20)5-6-13(8)17-15(18)14-9(2)10(3)21-11(14)4/h5-7H,1-4H3,(H,17,18)(H,19,20). The Balaban J connectivity index is 2.30. The fourth-order valence-electron chi connectivity index (χ4n) is 2.25. The molecule has 0 bridgehead atoms. The first-order valence-corrected chi connectivity index (χ1v) is 6.53. The van der Waals surface area contributed by atoms with E-state index >= 15 is 0 Å². The summed E-state index contributed by atoms with van der Waals surface area (Å²) in [6.07, 6.45) is 0. The van der Waals surface area contributed by atoms with Crippen LogP contribution in [0.4, 0.5) is 5.69 Å². The lowest BCUT2D eigenvalue weighted by atomic mass is 10.1. The van der Waals surface area contributed by atoms with Gasteiger partial charge in [-0.2, -0.15) is 0 Å². The average Bonchev–Trinajstić information content (AvgIpc) is 2.65. The number of carbonyl (C=O) groups excluding carboxylic acids is 1. The van der Waals surface area contributed by atoms with Crippen LogP contribution in [-0.2, 0) is 0 Å². The number of aromatic carboxylic acids is 1. The molecule has 0 saturated heterocycles. The predicted octanol–water partition coefficient (Wildman–Crippen LogP) is 3.46. The Bertz CT molecular complexity index is 728. The zero-order chi connectivity index (χ0) is 15.7. The number of hydrogen-bond donors (Lipinski definition) is 2. The van der Waals surface area contributed by atoms with E-state index in [1.54, 1.807) is 19.9 Å². The quantitative estimate of drug-likeness (QED) is 0.906. The number of carboxylic acids is 1. The topological polar surface area (TPSA) is 79.5 Å². The first kappa shape index (κ1) is 14.8. The van der Waals surface area contributed by atoms with E-state index in [2.05, 4.69) is 5.32 Å². The molecular weight excluding hydrogens is 270 g/mol. The van der Waals surface area contributed by atoms with Crippen LogP contribution in [0.25, 0.3) is 0 Å². The highest BCUT2D eigenvalue weighted by Gasteiger charge is 2.19. The third-order valence-corrected chi connectivity index (χ3v) is 3.51. The number of carbonyl (C=O) groups is 2. The third kappa shape index (κ3) is 2.81. The highest BCUT2D eigenvalue weighted by Crippen LogP contribution is 2.23. The van der Waals surface area contributed by atoms with Crippen molar-refractivity contribution >= 4 is 17.6 Å². The van der Waals surface area contributed by atoms with Crippen molar-refractivity contribution in [1.82, 2.24) is 0 Å². The van der Waals surface area contributed by atoms with E-state index in [-0.39, 0.29) is 11.5 Å². The van der Waals surface area contributed by atoms with Gasteiger partial charge in [0, 0.05) is 11.3 Å². The SMILES string of the molecule is Cc1cc(C(=O)O)ccc1NC(=O)c1c(C)oc(C)c1C. The second-order valence-corrected chi connectivity index (χ2v) is 5.00. The van der Waals surface area contributed by atoms with Gasteiger partial charge in [-0.3, -0.25) is 4.79 Å². The van der Waals surface area contributed by atoms with Crippen molar-refractivity contribution in [3.05, 3.63) is 52.0 Å². The van der Waals surface area contributed by atoms with Crippen molar-refractivity contribution in [2.45, 2.75) is 27.7 Å². The minimum atomic E-state index is -0.992. The molecule has 0 aliphatic heterocycles. The number of hydrogen-bond acceptors (Lipinski definition) is 3. The lowest BCUT2D eigenvalue weighted by Crippen LogP contribution is -2.14. The van der Waals surface area contributed by atoms with E-state index in [1.165, 1.54) is 12.1 Å². The third-order valence-electron chi connectivity index (χ3n) is 3.51. The van der Waals surface area contributed by atoms with Gasteiger partial charge in [0.25, 0.3) is 5.91 Å². The number of amides is 1. The molecule has 1 aromatic heterocycles. The summed E-state index contributed by atoms with van der Waals surface area (Å²) in [6, 6.07) is 4.58. The van der Waals surface area contributed by atoms with Gasteiger partial charge >= 0.3 is 5.97 Å². The molecular formula is C16H17NO4. The van der Waals surface area contributed by atoms with E-state index in [0.717, 1.165) is 11.3 Å². The first-order chi connectivity index (χ1) is 9.81. The molecule has 21 heavy (non-hydrogen) atoms. The summed E-state index contributed by atoms with van der Waals surface area (Å²) >= 11 is 0. The molecule has 1 amide bonds. The number of nitrogens with one attached hydrogen (secondary N) is 1. The van der Waals surface area contributed by atoms with Gasteiger partial charge in [-0.25, -0.2) is 4.79 Å². The Morgan fingerprint density at radius 2 is 1.76 bits per heavy atom. The van der Waals surface area contributed by atoms with E-state index < -0.39 is 5.97 Å². The maximum atomic E-state index is 12.4. The van der Waals surface area contributed by atoms with Crippen molar-refractivity contribution in [3.63, 3.8) is 0 Å². The Kier molecular flexibility index (Phi) is 3.84. The van der Waals surface area contributed by atoms with Crippen LogP contribution in [0.5, 0.6) is 0 Å². The molecule has 5 heteroatoms. The normalized spacial score (nSPS) is 10.5. The molecule has 0 radical (unpaired) electrons. The lowest BCUT2D eigenvalue weighted by molar-refractivity contribution is 0.0696. The smallest absolute Gasteiger partial charge is 0.335 e. The summed E-state index contributed by atoms with van der Waals surface area (Å²) in [5.74, 6) is 0.0408. The van der Waals surface area contributed by atoms with Crippen LogP contribution >= 0.6 is 0 Å². The first-order valence-electron chi connectivity index (χ1n) is 6.53. The van der Waals surface area contributed by atoms with Crippen LogP contribution in [-0.4, -0.2) is 17.0 Å². The Hall–Kier alpha value is -2.56. The van der Waals surface area contributed by atoms with E-state index in [9.17, 15) is 9.59 Å². The van der Waals surface area contributed by atoms with Crippen LogP contribution in [0.3, 0.4) is 0 Å². The van der Waals surface area contributed by atoms with Crippen LogP contribution in [0.1, 0.15) is 43.4 Å². The Labute approximate surface area is 122 Å². The van der Waals surface area contributed by atoms with E-state index in [1.807, 2.05) is 13.8 Å². The minimum absolute atomic E-state index is 0.192. The summed E-state index contributed by atoms with van der Waals surface area (Å²) in [5, 5.41) is 11.7. The molecule has 0 atom stereocenters. The molecule has 2 rings (SSSR count). The number of furan rings is 1. The summed E-state index contributed by atoms with van der Waals surface area (Å²) in [6.45, 7) is 7.14. The average molecular weight is 287 g/mol. The van der Waals surface area contributed by atoms with Crippen molar-refractivity contribution in [1.29, 1.82) is 0 Å². The second-order valence-electron chi connectivity index (χ2n) is 5.00. The zero-order valence-corrected chi connectivity index (χ0v) is 12.4. The Morgan fingerprint density at radius 1 is 1.10 bits per heavy atom. The number of benzene rings is 1. The molecule has 1 aromatic carbocycles. The molecule has 110 valence electrons. The molecule has 0 fully saturated rings. The maximum absolute atomic E-state index is 12.4. The summed E-state index contributed by atoms with van der Waals surface area (Å²) < 4.78 is 5.45. The minimum Gasteiger partial charge on any atom is -0.478 e. The lowest BCUT2D eigenvalue weighted by Gasteiger charge is -2.09. The van der Waals surface area contributed by atoms with Crippen molar-refractivity contribution in [2.75, 3.05) is 5.32 Å². The van der Waals surface area contributed by atoms with Gasteiger partial charge in [0.1, 0.15) is 11.5 Å². The van der Waals surface area contributed by atoms with Crippen LogP contribution < -0.4 is 5.32 Å². The van der Waals surface area contributed by atoms with E-state index in [4.69, 9.17) is 9.52 Å². The molecule has 0 aliphatic rings. The molecule has 5 nitrogen and oxygen atoms in total. The molecule has 0 saturated carbocycles. The maximum Gasteiger partial charge on any atom is 0.335 e. The van der Waals surface area contributed by atoms with Crippen LogP contribution in [0.2, 0.25) is 0 Å². The predicted molar refractivity (Wildman–Crippen MR) is 79.0 cm³/mol. The highest BCUT2D eigenvalue weighted by atomic mass is 16.4. The van der Waals surface area contributed by atoms with Gasteiger partial charge in [-0.15, -0.1) is 0 Å². The van der Waals surface area contributed by atoms with Gasteiger partial charge in [-0.05, 0) is 51.5 Å². The Morgan fingerprint density at radius 3 is 2.24 bits per heavy atom. The number of carboxylic acid groups (broad SMARTS) is 1. The van der Waals surface area contributed by atoms with Crippen molar-refractivity contribution < 1.29 is 19.1 Å². The largest absolute Gasteiger partial charge is 0.478 e. The van der Waals surface area contributed by atoms with Gasteiger partial charge in [0.05, 0.1) is 11.1 Å². The molecule has 0 spiro atoms. The molecule has 1 heterocycles. The van der Waals surface area contributed by atoms with E-state index in [0.29, 0.717) is 22.6 Å². The van der Waals surface area contributed by atoms with Crippen LogP contribution in [0, 0.1) is 27.7 Å². The molecule has 2 aromatic rings. The monoisotopic (exact) mass is 287 g/mol. The van der Waals surface area contributed by atoms with Gasteiger partial charge in [0.2, 0.25) is 0 Å². The van der Waals surface area contributed by atoms with Crippen molar-refractivity contribution in [3.8, 4) is 0 Å². The van der Waals surface area contributed by atoms with Crippen LogP contribution in [0.15, 0.2) is 22.6 Å². The summed E-state index contributed by atoms with van der Waals surface area (Å²) in [4.78, 5) is 23.3. The zero-order valence-electron chi connectivity index (χ0n) is 12.4. The van der Waals surface area contributed by atoms with Gasteiger partial charge in [-0.1, -0.05) is 0 Å². The number of aryl methyl sites for hydroxylation is 3. The second kappa shape index (κ2) is 5.44. The number of rotatable bonds is 3. The summed E-state index contributed by atoms with van der Waals surface area (Å²) in [5.41, 5.74) is 2.80. The van der Waals surface area contributed by atoms with Gasteiger partial charge < -0.3 is 14.8 Å². The fraction of sp³-hybridized carbons (Fsp3) is 0.250. The fourth-order valence-corrected chi connectivity index (χ4v) is 2.25. The number of anilines is 1. The van der Waals surface area contributed by atoms with Crippen molar-refractivity contribution in [2.24, 2.45) is 0 Å². The molecule has 0 aliphatic carbocycles. The molecule has 2 N–H and O–H groups in total.